The minimum atomic E-state index is -0.460. The molecule has 0 radical (unpaired) electrons. The number of carbonyl (C=O) groups is 2. The number of benzene rings is 3. The van der Waals surface area contributed by atoms with Crippen LogP contribution in [0.3, 0.4) is 0 Å². The van der Waals surface area contributed by atoms with Crippen molar-refractivity contribution < 1.29 is 14.3 Å². The number of aromatic nitrogens is 1. The largest absolute Gasteiger partial charge is 0.416 e. The number of aromatic amines is 1. The molecule has 2 heterocycles. The second kappa shape index (κ2) is 10.5. The van der Waals surface area contributed by atoms with Gasteiger partial charge in [0, 0.05) is 38.9 Å². The molecule has 1 aromatic heterocycles. The van der Waals surface area contributed by atoms with Gasteiger partial charge in [0.15, 0.2) is 0 Å². The van der Waals surface area contributed by atoms with Crippen molar-refractivity contribution >= 4 is 51.8 Å². The summed E-state index contributed by atoms with van der Waals surface area (Å²) in [6.45, 7) is 0.751. The van der Waals surface area contributed by atoms with Crippen LogP contribution in [0.1, 0.15) is 22.9 Å². The number of rotatable bonds is 5. The molecule has 37 heavy (non-hydrogen) atoms. The number of nitrogens with zero attached hydrogens (tertiary/aromatic N) is 2. The first kappa shape index (κ1) is 25.1. The Hall–Kier alpha value is -3.52. The van der Waals surface area contributed by atoms with Gasteiger partial charge in [0.2, 0.25) is 5.91 Å². The van der Waals surface area contributed by atoms with Crippen molar-refractivity contribution in [3.63, 3.8) is 0 Å². The highest BCUT2D eigenvalue weighted by Crippen LogP contribution is 2.39. The van der Waals surface area contributed by atoms with E-state index in [0.717, 1.165) is 27.7 Å². The molecule has 4 aromatic rings. The number of hydrogen-bond donors (Lipinski definition) is 2. The molecule has 2 N–H and O–H groups in total. The van der Waals surface area contributed by atoms with E-state index in [9.17, 15) is 9.59 Å². The first-order valence-corrected chi connectivity index (χ1v) is 12.6. The predicted octanol–water partition coefficient (Wildman–Crippen LogP) is 6.12. The third kappa shape index (κ3) is 5.44. The SMILES string of the molecule is CN(C)CC(=O)Nc1ccc(C2c3[nH]c4ccc(Cl)cc4c3CCN2C(=O)Oc2ccc(Cl)cc2)cc1. The van der Waals surface area contributed by atoms with Gasteiger partial charge in [0.05, 0.1) is 6.54 Å². The highest BCUT2D eigenvalue weighted by Gasteiger charge is 2.35. The summed E-state index contributed by atoms with van der Waals surface area (Å²) >= 11 is 12.3. The standard InChI is InChI=1S/C28H26Cl2N4O3/c1-33(2)16-25(35)31-20-8-3-17(4-9-20)27-26-22(23-15-19(30)7-12-24(23)32-26)13-14-34(27)28(36)37-21-10-5-18(29)6-11-21/h3-12,15,27,32H,13-14,16H2,1-2H3,(H,31,35). The Morgan fingerprint density at radius 3 is 2.43 bits per heavy atom. The first-order valence-electron chi connectivity index (χ1n) is 11.9. The first-order chi connectivity index (χ1) is 17.8. The minimum Gasteiger partial charge on any atom is -0.410 e. The summed E-state index contributed by atoms with van der Waals surface area (Å²) in [6, 6.07) is 19.6. The second-order valence-electron chi connectivity index (χ2n) is 9.28. The highest BCUT2D eigenvalue weighted by molar-refractivity contribution is 6.31. The number of anilines is 1. The summed E-state index contributed by atoms with van der Waals surface area (Å²) in [5.74, 6) is 0.319. The average Bonchev–Trinajstić information content (AvgIpc) is 3.22. The van der Waals surface area contributed by atoms with Gasteiger partial charge in [-0.15, -0.1) is 0 Å². The molecule has 0 saturated carbocycles. The zero-order chi connectivity index (χ0) is 26.1. The number of halogens is 2. The zero-order valence-electron chi connectivity index (χ0n) is 20.4. The summed E-state index contributed by atoms with van der Waals surface area (Å²) in [6.07, 6.45) is 0.193. The number of amides is 2. The number of carbonyl (C=O) groups excluding carboxylic acids is 2. The van der Waals surface area contributed by atoms with Crippen LogP contribution in [0.4, 0.5) is 10.5 Å². The van der Waals surface area contributed by atoms with Crippen LogP contribution < -0.4 is 10.1 Å². The molecule has 0 fully saturated rings. The van der Waals surface area contributed by atoms with Crippen molar-refractivity contribution in [3.8, 4) is 5.75 Å². The molecule has 0 spiro atoms. The van der Waals surface area contributed by atoms with Gasteiger partial charge < -0.3 is 19.9 Å². The predicted molar refractivity (Wildman–Crippen MR) is 147 cm³/mol. The normalized spacial score (nSPS) is 15.1. The van der Waals surface area contributed by atoms with Crippen molar-refractivity contribution in [1.82, 2.24) is 14.8 Å². The highest BCUT2D eigenvalue weighted by atomic mass is 35.5. The van der Waals surface area contributed by atoms with E-state index >= 15 is 0 Å². The Bertz CT molecular complexity index is 1450. The summed E-state index contributed by atoms with van der Waals surface area (Å²) < 4.78 is 5.71. The molecule has 7 nitrogen and oxygen atoms in total. The maximum Gasteiger partial charge on any atom is 0.416 e. The lowest BCUT2D eigenvalue weighted by molar-refractivity contribution is -0.116. The number of hydrogen-bond acceptors (Lipinski definition) is 4. The molecular formula is C28H26Cl2N4O3. The number of likely N-dealkylation sites (N-methyl/N-ethyl adjacent to an activating group) is 1. The molecule has 3 aromatic carbocycles. The molecule has 190 valence electrons. The van der Waals surface area contributed by atoms with Gasteiger partial charge in [-0.2, -0.15) is 0 Å². The fourth-order valence-corrected chi connectivity index (χ4v) is 5.00. The van der Waals surface area contributed by atoms with Crippen LogP contribution in [0.2, 0.25) is 10.0 Å². The Morgan fingerprint density at radius 1 is 1.03 bits per heavy atom. The van der Waals surface area contributed by atoms with Crippen LogP contribution in [-0.4, -0.2) is 54.0 Å². The third-order valence-electron chi connectivity index (χ3n) is 6.31. The van der Waals surface area contributed by atoms with Crippen molar-refractivity contribution in [3.05, 3.63) is 93.6 Å². The van der Waals surface area contributed by atoms with E-state index in [4.69, 9.17) is 27.9 Å². The van der Waals surface area contributed by atoms with E-state index in [2.05, 4.69) is 10.3 Å². The second-order valence-corrected chi connectivity index (χ2v) is 10.2. The fourth-order valence-electron chi connectivity index (χ4n) is 4.70. The number of fused-ring (bicyclic) bond motifs is 3. The van der Waals surface area contributed by atoms with Crippen molar-refractivity contribution in [2.45, 2.75) is 12.5 Å². The van der Waals surface area contributed by atoms with Crippen molar-refractivity contribution in [1.29, 1.82) is 0 Å². The molecule has 2 amide bonds. The molecule has 0 saturated heterocycles. The maximum atomic E-state index is 13.4. The van der Waals surface area contributed by atoms with Gasteiger partial charge in [-0.25, -0.2) is 4.79 Å². The number of H-pyrrole nitrogens is 1. The van der Waals surface area contributed by atoms with E-state index in [1.807, 2.05) is 56.6 Å². The van der Waals surface area contributed by atoms with Gasteiger partial charge in [-0.3, -0.25) is 9.69 Å². The fraction of sp³-hybridized carbons (Fsp3) is 0.214. The van der Waals surface area contributed by atoms with E-state index in [1.165, 1.54) is 0 Å². The van der Waals surface area contributed by atoms with E-state index in [0.29, 0.717) is 34.4 Å². The lowest BCUT2D eigenvalue weighted by Crippen LogP contribution is -2.42. The van der Waals surface area contributed by atoms with Crippen LogP contribution in [0.25, 0.3) is 10.9 Å². The molecule has 0 aliphatic carbocycles. The van der Waals surface area contributed by atoms with E-state index < -0.39 is 12.1 Å². The van der Waals surface area contributed by atoms with Crippen LogP contribution in [0.15, 0.2) is 66.7 Å². The molecule has 1 unspecified atom stereocenters. The quantitative estimate of drug-likeness (QED) is 0.322. The topological polar surface area (TPSA) is 77.7 Å². The molecule has 1 atom stereocenters. The smallest absolute Gasteiger partial charge is 0.410 e. The van der Waals surface area contributed by atoms with Crippen LogP contribution in [0, 0.1) is 0 Å². The van der Waals surface area contributed by atoms with Crippen molar-refractivity contribution in [2.24, 2.45) is 0 Å². The molecule has 9 heteroatoms. The minimum absolute atomic E-state index is 0.0987. The van der Waals surface area contributed by atoms with Gasteiger partial charge in [0.1, 0.15) is 11.8 Å². The maximum absolute atomic E-state index is 13.4. The van der Waals surface area contributed by atoms with Gasteiger partial charge in [-0.1, -0.05) is 35.3 Å². The molecule has 0 bridgehead atoms. The van der Waals surface area contributed by atoms with Crippen molar-refractivity contribution in [2.75, 3.05) is 32.5 Å². The van der Waals surface area contributed by atoms with Crippen LogP contribution >= 0.6 is 23.2 Å². The summed E-state index contributed by atoms with van der Waals surface area (Å²) in [4.78, 5) is 32.6. The Kier molecular flexibility index (Phi) is 7.11. The Morgan fingerprint density at radius 2 is 1.73 bits per heavy atom. The monoisotopic (exact) mass is 536 g/mol. The lowest BCUT2D eigenvalue weighted by Gasteiger charge is -2.35. The summed E-state index contributed by atoms with van der Waals surface area (Å²) in [5, 5.41) is 5.17. The summed E-state index contributed by atoms with van der Waals surface area (Å²) in [5.41, 5.74) is 4.57. The van der Waals surface area contributed by atoms with Gasteiger partial charge in [-0.05, 0) is 86.2 Å². The van der Waals surface area contributed by atoms with Gasteiger partial charge in [0.25, 0.3) is 0 Å². The Labute approximate surface area is 224 Å². The van der Waals surface area contributed by atoms with Crippen LogP contribution in [0.5, 0.6) is 5.75 Å². The Balaban J connectivity index is 1.50. The lowest BCUT2D eigenvalue weighted by atomic mass is 9.92. The molecule has 1 aliphatic rings. The third-order valence-corrected chi connectivity index (χ3v) is 6.80. The van der Waals surface area contributed by atoms with Crippen LogP contribution in [-0.2, 0) is 11.2 Å². The number of ether oxygens (including phenoxy) is 1. The van der Waals surface area contributed by atoms with E-state index in [1.54, 1.807) is 34.1 Å². The van der Waals surface area contributed by atoms with Gasteiger partial charge >= 0.3 is 6.09 Å². The molecule has 1 aliphatic heterocycles. The zero-order valence-corrected chi connectivity index (χ0v) is 21.9. The number of nitrogens with one attached hydrogen (secondary N) is 2. The van der Waals surface area contributed by atoms with E-state index in [-0.39, 0.29) is 12.5 Å². The summed E-state index contributed by atoms with van der Waals surface area (Å²) in [7, 11) is 3.68. The molecule has 5 rings (SSSR count). The average molecular weight is 537 g/mol. The molecular weight excluding hydrogens is 511 g/mol.